The van der Waals surface area contributed by atoms with Crippen LogP contribution in [0.4, 0.5) is 11.4 Å². The second-order valence-electron chi connectivity index (χ2n) is 5.25. The number of ether oxygens (including phenoxy) is 1. The van der Waals surface area contributed by atoms with Crippen LogP contribution < -0.4 is 15.4 Å². The van der Waals surface area contributed by atoms with Crippen LogP contribution in [0.15, 0.2) is 48.5 Å². The number of amides is 1. The lowest BCUT2D eigenvalue weighted by Gasteiger charge is -2.12. The first-order valence-electron chi connectivity index (χ1n) is 7.22. The highest BCUT2D eigenvalue weighted by atomic mass is 127. The highest BCUT2D eigenvalue weighted by molar-refractivity contribution is 14.1. The van der Waals surface area contributed by atoms with E-state index in [-0.39, 0.29) is 18.3 Å². The summed E-state index contributed by atoms with van der Waals surface area (Å²) in [6, 6.07) is 14.7. The number of carbonyl (C=O) groups excluding carboxylic acids is 2. The van der Waals surface area contributed by atoms with Crippen molar-refractivity contribution in [1.29, 1.82) is 0 Å². The van der Waals surface area contributed by atoms with E-state index in [0.717, 1.165) is 9.26 Å². The van der Waals surface area contributed by atoms with E-state index >= 15 is 0 Å². The van der Waals surface area contributed by atoms with Gasteiger partial charge in [0.25, 0.3) is 0 Å². The zero-order valence-electron chi connectivity index (χ0n) is 12.2. The van der Waals surface area contributed by atoms with Crippen LogP contribution in [0.25, 0.3) is 0 Å². The smallest absolute Gasteiger partial charge is 0.316 e. The van der Waals surface area contributed by atoms with Crippen LogP contribution in [0, 0.1) is 9.49 Å². The molecule has 118 valence electrons. The number of esters is 1. The first-order chi connectivity index (χ1) is 11.1. The molecule has 1 aliphatic heterocycles. The van der Waals surface area contributed by atoms with Gasteiger partial charge < -0.3 is 15.4 Å². The minimum absolute atomic E-state index is 0.0752. The van der Waals surface area contributed by atoms with Gasteiger partial charge in [0.15, 0.2) is 5.75 Å². The highest BCUT2D eigenvalue weighted by Gasteiger charge is 2.27. The molecule has 2 aromatic rings. The van der Waals surface area contributed by atoms with Gasteiger partial charge in [-0.05, 0) is 59.0 Å². The molecule has 23 heavy (non-hydrogen) atoms. The molecule has 0 saturated carbocycles. The Hall–Kier alpha value is -2.09. The lowest BCUT2D eigenvalue weighted by atomic mass is 10.1. The third kappa shape index (κ3) is 4.01. The molecule has 0 radical (unpaired) electrons. The van der Waals surface area contributed by atoms with Crippen molar-refractivity contribution in [3.8, 4) is 5.75 Å². The number of anilines is 2. The summed E-state index contributed by atoms with van der Waals surface area (Å²) in [4.78, 5) is 24.3. The van der Waals surface area contributed by atoms with Gasteiger partial charge in [0.2, 0.25) is 5.91 Å². The number of benzene rings is 2. The quantitative estimate of drug-likeness (QED) is 0.453. The second-order valence-corrected chi connectivity index (χ2v) is 6.50. The van der Waals surface area contributed by atoms with Crippen LogP contribution in [-0.2, 0) is 9.59 Å². The van der Waals surface area contributed by atoms with Crippen LogP contribution in [0.3, 0.4) is 0 Å². The van der Waals surface area contributed by atoms with Crippen molar-refractivity contribution in [2.24, 2.45) is 5.92 Å². The lowest BCUT2D eigenvalue weighted by molar-refractivity contribution is -0.140. The molecular formula is C17H15IN2O3. The third-order valence-electron chi connectivity index (χ3n) is 3.53. The summed E-state index contributed by atoms with van der Waals surface area (Å²) in [5.41, 5.74) is 1.48. The summed E-state index contributed by atoms with van der Waals surface area (Å²) in [7, 11) is 0. The van der Waals surface area contributed by atoms with Crippen molar-refractivity contribution >= 4 is 45.8 Å². The molecule has 0 bridgehead atoms. The van der Waals surface area contributed by atoms with Gasteiger partial charge in [0, 0.05) is 22.2 Å². The van der Waals surface area contributed by atoms with E-state index in [1.165, 1.54) is 0 Å². The fourth-order valence-electron chi connectivity index (χ4n) is 2.33. The zero-order chi connectivity index (χ0) is 16.2. The van der Waals surface area contributed by atoms with Gasteiger partial charge in [-0.15, -0.1) is 0 Å². The van der Waals surface area contributed by atoms with E-state index in [9.17, 15) is 9.59 Å². The fraction of sp³-hybridized carbons (Fsp3) is 0.176. The van der Waals surface area contributed by atoms with Crippen molar-refractivity contribution in [3.05, 3.63) is 52.1 Å². The third-order valence-corrected chi connectivity index (χ3v) is 4.25. The summed E-state index contributed by atoms with van der Waals surface area (Å²) >= 11 is 2.20. The van der Waals surface area contributed by atoms with E-state index in [0.29, 0.717) is 18.0 Å². The summed E-state index contributed by atoms with van der Waals surface area (Å²) in [5.74, 6) is -0.620. The molecular weight excluding hydrogens is 407 g/mol. The largest absolute Gasteiger partial charge is 0.424 e. The topological polar surface area (TPSA) is 67.4 Å². The Balaban J connectivity index is 1.63. The molecule has 0 fully saturated rings. The number of halogens is 1. The van der Waals surface area contributed by atoms with Gasteiger partial charge in [0.1, 0.15) is 0 Å². The molecule has 2 N–H and O–H groups in total. The van der Waals surface area contributed by atoms with Crippen molar-refractivity contribution in [3.63, 3.8) is 0 Å². The van der Waals surface area contributed by atoms with Crippen LogP contribution in [0.1, 0.15) is 6.42 Å². The molecule has 6 heteroatoms. The minimum Gasteiger partial charge on any atom is -0.424 e. The van der Waals surface area contributed by atoms with Gasteiger partial charge >= 0.3 is 5.97 Å². The maximum atomic E-state index is 12.2. The number of hydrogen-bond acceptors (Lipinski definition) is 4. The molecule has 1 amide bonds. The molecule has 0 aromatic heterocycles. The van der Waals surface area contributed by atoms with Crippen LogP contribution in [0.5, 0.6) is 5.75 Å². The number of para-hydroxylation sites is 2. The summed E-state index contributed by atoms with van der Waals surface area (Å²) < 4.78 is 6.45. The second kappa shape index (κ2) is 6.99. The van der Waals surface area contributed by atoms with Crippen molar-refractivity contribution in [1.82, 2.24) is 0 Å². The van der Waals surface area contributed by atoms with E-state index in [1.807, 2.05) is 36.4 Å². The number of hydrogen-bond donors (Lipinski definition) is 2. The van der Waals surface area contributed by atoms with Crippen molar-refractivity contribution in [2.75, 3.05) is 17.2 Å². The molecule has 1 unspecified atom stereocenters. The van der Waals surface area contributed by atoms with Gasteiger partial charge in [-0.3, -0.25) is 9.59 Å². The van der Waals surface area contributed by atoms with Gasteiger partial charge in [-0.1, -0.05) is 12.1 Å². The molecule has 1 heterocycles. The van der Waals surface area contributed by atoms with Crippen LogP contribution in [0.2, 0.25) is 0 Å². The summed E-state index contributed by atoms with van der Waals surface area (Å²) in [5, 5.41) is 5.96. The van der Waals surface area contributed by atoms with Gasteiger partial charge in [0.05, 0.1) is 11.6 Å². The van der Waals surface area contributed by atoms with Gasteiger partial charge in [-0.2, -0.15) is 0 Å². The Kier molecular flexibility index (Phi) is 4.80. The monoisotopic (exact) mass is 422 g/mol. The first kappa shape index (κ1) is 15.8. The summed E-state index contributed by atoms with van der Waals surface area (Å²) in [6.45, 7) is 0.371. The molecule has 5 nitrogen and oxygen atoms in total. The van der Waals surface area contributed by atoms with E-state index in [2.05, 4.69) is 33.2 Å². The minimum atomic E-state index is -0.522. The normalized spacial score (nSPS) is 16.6. The molecule has 2 aromatic carbocycles. The fourth-order valence-corrected chi connectivity index (χ4v) is 2.69. The average molecular weight is 422 g/mol. The number of carbonyl (C=O) groups is 2. The Labute approximate surface area is 147 Å². The van der Waals surface area contributed by atoms with Crippen LogP contribution in [-0.4, -0.2) is 18.4 Å². The zero-order valence-corrected chi connectivity index (χ0v) is 14.4. The predicted octanol–water partition coefficient (Wildman–Crippen LogP) is 3.27. The Bertz CT molecular complexity index is 731. The number of rotatable bonds is 3. The number of fused-ring (bicyclic) bond motifs is 1. The molecule has 1 atom stereocenters. The van der Waals surface area contributed by atoms with E-state index in [1.54, 1.807) is 12.1 Å². The summed E-state index contributed by atoms with van der Waals surface area (Å²) in [6.07, 6.45) is 0.0752. The SMILES string of the molecule is O=C(CC1CNc2ccccc2OC1=O)Nc1ccc(I)cc1. The molecule has 1 aliphatic rings. The Morgan fingerprint density at radius 2 is 1.96 bits per heavy atom. The van der Waals surface area contributed by atoms with Gasteiger partial charge in [-0.25, -0.2) is 0 Å². The Morgan fingerprint density at radius 1 is 1.22 bits per heavy atom. The first-order valence-corrected chi connectivity index (χ1v) is 8.30. The maximum Gasteiger partial charge on any atom is 0.316 e. The molecule has 0 aliphatic carbocycles. The Morgan fingerprint density at radius 3 is 2.74 bits per heavy atom. The van der Waals surface area contributed by atoms with Crippen molar-refractivity contribution in [2.45, 2.75) is 6.42 Å². The lowest BCUT2D eigenvalue weighted by Crippen LogP contribution is -2.29. The van der Waals surface area contributed by atoms with E-state index in [4.69, 9.17) is 4.74 Å². The van der Waals surface area contributed by atoms with E-state index < -0.39 is 5.92 Å². The average Bonchev–Trinajstić information content (AvgIpc) is 2.69. The maximum absolute atomic E-state index is 12.2. The molecule has 3 rings (SSSR count). The van der Waals surface area contributed by atoms with Crippen molar-refractivity contribution < 1.29 is 14.3 Å². The van der Waals surface area contributed by atoms with Crippen LogP contribution >= 0.6 is 22.6 Å². The molecule has 0 spiro atoms. The number of nitrogens with one attached hydrogen (secondary N) is 2. The molecule has 0 saturated heterocycles. The predicted molar refractivity (Wildman–Crippen MR) is 96.5 cm³/mol. The highest BCUT2D eigenvalue weighted by Crippen LogP contribution is 2.28. The standard InChI is InChI=1S/C17H15IN2O3/c18-12-5-7-13(8-6-12)20-16(21)9-11-10-19-14-3-1-2-4-15(14)23-17(11)22/h1-8,11,19H,9-10H2,(H,20,21).